The maximum atomic E-state index is 13.8. The lowest BCUT2D eigenvalue weighted by Gasteiger charge is -2.34. The van der Waals surface area contributed by atoms with Crippen molar-refractivity contribution in [3.8, 4) is 0 Å². The highest BCUT2D eigenvalue weighted by atomic mass is 32.1. The third-order valence-corrected chi connectivity index (χ3v) is 7.55. The number of thiophene rings is 1. The van der Waals surface area contributed by atoms with Crippen molar-refractivity contribution in [2.45, 2.75) is 31.2 Å². The molecule has 1 aliphatic rings. The highest BCUT2D eigenvalue weighted by Gasteiger charge is 2.37. The van der Waals surface area contributed by atoms with Crippen molar-refractivity contribution in [2.24, 2.45) is 5.73 Å². The number of nitrogens with one attached hydrogen (secondary N) is 1. The summed E-state index contributed by atoms with van der Waals surface area (Å²) < 4.78 is 41.3. The van der Waals surface area contributed by atoms with E-state index in [9.17, 15) is 23.1 Å². The van der Waals surface area contributed by atoms with Gasteiger partial charge in [-0.15, -0.1) is 11.3 Å². The molecule has 178 valence electrons. The number of hydrogen-bond donors (Lipinski definition) is 5. The number of hydrogen-bond acceptors (Lipinski definition) is 10. The number of alkyl halides is 3. The number of aromatic nitrogens is 2. The molecule has 4 rings (SSSR count). The second kappa shape index (κ2) is 8.93. The van der Waals surface area contributed by atoms with Crippen molar-refractivity contribution >= 4 is 55.4 Å². The van der Waals surface area contributed by atoms with Crippen LogP contribution < -0.4 is 27.4 Å². The summed E-state index contributed by atoms with van der Waals surface area (Å²) in [7, 11) is 0. The van der Waals surface area contributed by atoms with Gasteiger partial charge in [-0.05, 0) is 18.9 Å². The van der Waals surface area contributed by atoms with Crippen LogP contribution >= 0.6 is 22.7 Å². The summed E-state index contributed by atoms with van der Waals surface area (Å²) in [5.74, 6) is -0.717. The zero-order chi connectivity index (χ0) is 23.9. The predicted octanol–water partition coefficient (Wildman–Crippen LogP) is 2.33. The first kappa shape index (κ1) is 23.5. The summed E-state index contributed by atoms with van der Waals surface area (Å²) in [5, 5.41) is 13.6. The minimum Gasteiger partial charge on any atom is -0.397 e. The normalized spacial score (nSPS) is 16.4. The number of amides is 1. The quantitative estimate of drug-likeness (QED) is 0.344. The molecule has 1 amide bonds. The van der Waals surface area contributed by atoms with E-state index in [1.807, 2.05) is 0 Å². The zero-order valence-corrected chi connectivity index (χ0v) is 18.9. The van der Waals surface area contributed by atoms with Crippen LogP contribution in [0.1, 0.15) is 39.1 Å². The van der Waals surface area contributed by atoms with Gasteiger partial charge in [0.1, 0.15) is 21.6 Å². The van der Waals surface area contributed by atoms with Crippen LogP contribution in [0.5, 0.6) is 0 Å². The summed E-state index contributed by atoms with van der Waals surface area (Å²) in [6.07, 6.45) is -2.57. The molecule has 1 aliphatic heterocycles. The van der Waals surface area contributed by atoms with E-state index >= 15 is 0 Å². The van der Waals surface area contributed by atoms with Crippen LogP contribution in [0, 0.1) is 0 Å². The maximum absolute atomic E-state index is 13.8. The lowest BCUT2D eigenvalue weighted by atomic mass is 10.0. The van der Waals surface area contributed by atoms with Crippen molar-refractivity contribution in [1.82, 2.24) is 15.3 Å². The van der Waals surface area contributed by atoms with E-state index in [2.05, 4.69) is 15.3 Å². The van der Waals surface area contributed by atoms with Crippen LogP contribution in [-0.2, 0) is 6.18 Å². The molecule has 1 unspecified atom stereocenters. The molecule has 0 bridgehead atoms. The van der Waals surface area contributed by atoms with Crippen LogP contribution in [0.15, 0.2) is 12.3 Å². The topological polar surface area (TPSA) is 156 Å². The van der Waals surface area contributed by atoms with Crippen LogP contribution in [0.2, 0.25) is 0 Å². The number of anilines is 3. The molecule has 3 aromatic heterocycles. The van der Waals surface area contributed by atoms with E-state index < -0.39 is 23.8 Å². The van der Waals surface area contributed by atoms with Gasteiger partial charge in [0.05, 0.1) is 16.1 Å². The second-order valence-corrected chi connectivity index (χ2v) is 9.79. The van der Waals surface area contributed by atoms with Gasteiger partial charge in [-0.25, -0.2) is 9.97 Å². The second-order valence-electron chi connectivity index (χ2n) is 7.70. The largest absolute Gasteiger partial charge is 0.417 e. The predicted molar refractivity (Wildman–Crippen MR) is 122 cm³/mol. The molecule has 1 fully saturated rings. The number of fused-ring (bicyclic) bond motifs is 1. The number of primary amides is 1. The molecule has 14 heteroatoms. The van der Waals surface area contributed by atoms with E-state index in [0.29, 0.717) is 42.5 Å². The third kappa shape index (κ3) is 4.83. The molecule has 0 aliphatic carbocycles. The van der Waals surface area contributed by atoms with Gasteiger partial charge in [0.15, 0.2) is 5.13 Å². The Morgan fingerprint density at radius 3 is 2.58 bits per heavy atom. The Morgan fingerprint density at radius 2 is 2.00 bits per heavy atom. The number of nitrogen functional groups attached to an aromatic ring is 2. The van der Waals surface area contributed by atoms with E-state index in [0.717, 1.165) is 17.4 Å². The van der Waals surface area contributed by atoms with Crippen molar-refractivity contribution in [1.29, 1.82) is 0 Å². The van der Waals surface area contributed by atoms with Crippen molar-refractivity contribution in [2.75, 3.05) is 36.0 Å². The van der Waals surface area contributed by atoms with Gasteiger partial charge < -0.3 is 32.5 Å². The monoisotopic (exact) mass is 501 g/mol. The zero-order valence-electron chi connectivity index (χ0n) is 17.2. The lowest BCUT2D eigenvalue weighted by Crippen LogP contribution is -2.44. The highest BCUT2D eigenvalue weighted by Crippen LogP contribution is 2.43. The smallest absolute Gasteiger partial charge is 0.397 e. The van der Waals surface area contributed by atoms with Gasteiger partial charge in [-0.3, -0.25) is 4.79 Å². The fourth-order valence-corrected chi connectivity index (χ4v) is 5.46. The SMILES string of the molecule is NC(=O)c1sc2nc(N3CCC(NCC(O)c4cnc(N)s4)CC3)cc(C(F)(F)F)c2c1N. The number of carbonyl (C=O) groups excluding carboxylic acids is 1. The first-order valence-electron chi connectivity index (χ1n) is 10.0. The van der Waals surface area contributed by atoms with Crippen LogP contribution in [0.25, 0.3) is 10.2 Å². The number of pyridine rings is 1. The number of carbonyl (C=O) groups is 1. The highest BCUT2D eigenvalue weighted by molar-refractivity contribution is 7.21. The minimum atomic E-state index is -4.67. The lowest BCUT2D eigenvalue weighted by molar-refractivity contribution is -0.136. The molecule has 1 atom stereocenters. The molecule has 8 N–H and O–H groups in total. The van der Waals surface area contributed by atoms with E-state index in [-0.39, 0.29) is 32.6 Å². The van der Waals surface area contributed by atoms with Gasteiger partial charge in [-0.1, -0.05) is 11.3 Å². The summed E-state index contributed by atoms with van der Waals surface area (Å²) in [6.45, 7) is 1.26. The number of aliphatic hydroxyl groups is 1. The molecule has 33 heavy (non-hydrogen) atoms. The summed E-state index contributed by atoms with van der Waals surface area (Å²) in [5.41, 5.74) is 15.4. The first-order valence-corrected chi connectivity index (χ1v) is 11.7. The van der Waals surface area contributed by atoms with Gasteiger partial charge in [0, 0.05) is 37.3 Å². The van der Waals surface area contributed by atoms with E-state index in [4.69, 9.17) is 17.2 Å². The van der Waals surface area contributed by atoms with Gasteiger partial charge in [0.2, 0.25) is 0 Å². The summed E-state index contributed by atoms with van der Waals surface area (Å²) in [4.78, 5) is 22.2. The fraction of sp³-hybridized carbons (Fsp3) is 0.421. The Labute approximate surface area is 194 Å². The fourth-order valence-electron chi connectivity index (χ4n) is 3.82. The Morgan fingerprint density at radius 1 is 1.30 bits per heavy atom. The summed E-state index contributed by atoms with van der Waals surface area (Å²) in [6, 6.07) is 1.06. The molecule has 9 nitrogen and oxygen atoms in total. The maximum Gasteiger partial charge on any atom is 0.417 e. The molecule has 0 aromatic carbocycles. The number of rotatable bonds is 6. The molecular weight excluding hydrogens is 479 g/mol. The number of thiazole rings is 1. The third-order valence-electron chi connectivity index (χ3n) is 5.50. The van der Waals surface area contributed by atoms with Gasteiger partial charge in [-0.2, -0.15) is 13.2 Å². The number of piperidine rings is 1. The Balaban J connectivity index is 1.48. The average molecular weight is 502 g/mol. The van der Waals surface area contributed by atoms with Crippen molar-refractivity contribution < 1.29 is 23.1 Å². The molecule has 0 saturated carbocycles. The Hall–Kier alpha value is -2.68. The number of nitrogens with two attached hydrogens (primary N) is 3. The Bertz CT molecular complexity index is 1170. The van der Waals surface area contributed by atoms with E-state index in [1.54, 1.807) is 4.90 Å². The van der Waals surface area contributed by atoms with Crippen LogP contribution in [-0.4, -0.2) is 46.7 Å². The number of halogens is 3. The molecule has 3 aromatic rings. The van der Waals surface area contributed by atoms with Crippen molar-refractivity contribution in [3.63, 3.8) is 0 Å². The number of aliphatic hydroxyl groups excluding tert-OH is 1. The molecule has 1 saturated heterocycles. The summed E-state index contributed by atoms with van der Waals surface area (Å²) >= 11 is 1.98. The van der Waals surface area contributed by atoms with Crippen LogP contribution in [0.4, 0.5) is 29.8 Å². The number of nitrogens with zero attached hydrogens (tertiary/aromatic N) is 3. The molecule has 4 heterocycles. The van der Waals surface area contributed by atoms with Gasteiger partial charge in [0.25, 0.3) is 5.91 Å². The molecule has 0 radical (unpaired) electrons. The molecule has 0 spiro atoms. The minimum absolute atomic E-state index is 0.0262. The standard InChI is InChI=1S/C19H22F3N7O2S2/c20-19(21,22)9-5-12(28-17-13(9)14(23)15(33-17)16(24)31)29-3-1-8(2-4-29)26-6-10(30)11-7-27-18(25)32-11/h5,7-8,10,26,30H,1-4,6,23H2,(H2,24,31)(H2,25,27). The van der Waals surface area contributed by atoms with E-state index in [1.165, 1.54) is 17.5 Å². The Kier molecular flexibility index (Phi) is 6.35. The van der Waals surface area contributed by atoms with Gasteiger partial charge >= 0.3 is 6.18 Å². The molecular formula is C19H22F3N7O2S2. The average Bonchev–Trinajstić information content (AvgIpc) is 3.34. The first-order chi connectivity index (χ1) is 15.5. The van der Waals surface area contributed by atoms with Crippen LogP contribution in [0.3, 0.4) is 0 Å². The van der Waals surface area contributed by atoms with Crippen molar-refractivity contribution in [3.05, 3.63) is 27.6 Å².